The summed E-state index contributed by atoms with van der Waals surface area (Å²) in [6, 6.07) is 9.73. The summed E-state index contributed by atoms with van der Waals surface area (Å²) in [6.45, 7) is 11.0. The summed E-state index contributed by atoms with van der Waals surface area (Å²) in [6.07, 6.45) is 9.00. The summed E-state index contributed by atoms with van der Waals surface area (Å²) in [7, 11) is 1.98. The van der Waals surface area contributed by atoms with Gasteiger partial charge in [0.25, 0.3) is 11.5 Å². The van der Waals surface area contributed by atoms with E-state index in [-0.39, 0.29) is 27.9 Å². The molecule has 0 saturated heterocycles. The van der Waals surface area contributed by atoms with E-state index in [1.807, 2.05) is 36.0 Å². The third-order valence-electron chi connectivity index (χ3n) is 8.12. The molecule has 2 aromatic heterocycles. The number of hydrogen-bond acceptors (Lipinski definition) is 5. The minimum atomic E-state index is -0.371. The Morgan fingerprint density at radius 2 is 1.95 bits per heavy atom. The van der Waals surface area contributed by atoms with Gasteiger partial charge < -0.3 is 19.8 Å². The van der Waals surface area contributed by atoms with Gasteiger partial charge in [-0.2, -0.15) is 0 Å². The standard InChI is InChI=1S/C31H42N6O2/c1-21(2)15-32-16-23-13-26(28(39)37(17-23)12-11-22-9-10-22)27(38)34-25-8-6-7-24(14-25)31(18-30(3,4)19-31)29-35-33-20-36(29)5/h6-8,13-14,17,20-22,32H,9-12,15-16,18-19H2,1-5H3,(H,34,38). The van der Waals surface area contributed by atoms with Gasteiger partial charge in [-0.15, -0.1) is 10.2 Å². The second kappa shape index (κ2) is 10.7. The zero-order valence-corrected chi connectivity index (χ0v) is 24.0. The van der Waals surface area contributed by atoms with E-state index in [0.29, 0.717) is 30.6 Å². The number of pyridine rings is 1. The van der Waals surface area contributed by atoms with Gasteiger partial charge in [0.05, 0.1) is 5.41 Å². The quantitative estimate of drug-likeness (QED) is 0.369. The van der Waals surface area contributed by atoms with Crippen LogP contribution in [0.1, 0.15) is 87.1 Å². The van der Waals surface area contributed by atoms with Crippen LogP contribution >= 0.6 is 0 Å². The van der Waals surface area contributed by atoms with Crippen LogP contribution in [0.3, 0.4) is 0 Å². The summed E-state index contributed by atoms with van der Waals surface area (Å²) >= 11 is 0. The first-order valence-corrected chi connectivity index (χ1v) is 14.3. The molecule has 2 fully saturated rings. The Morgan fingerprint density at radius 3 is 2.59 bits per heavy atom. The minimum Gasteiger partial charge on any atom is -0.322 e. The lowest BCUT2D eigenvalue weighted by atomic mass is 9.51. The van der Waals surface area contributed by atoms with Crippen molar-refractivity contribution in [1.82, 2.24) is 24.6 Å². The summed E-state index contributed by atoms with van der Waals surface area (Å²) in [5.41, 5.74) is 2.62. The largest absolute Gasteiger partial charge is 0.322 e. The second-order valence-corrected chi connectivity index (χ2v) is 12.9. The number of carbonyl (C=O) groups excluding carboxylic acids is 1. The summed E-state index contributed by atoms with van der Waals surface area (Å²) < 4.78 is 3.72. The minimum absolute atomic E-state index is 0.188. The first-order chi connectivity index (χ1) is 18.6. The van der Waals surface area contributed by atoms with Gasteiger partial charge >= 0.3 is 0 Å². The van der Waals surface area contributed by atoms with Crippen molar-refractivity contribution in [2.45, 2.75) is 78.3 Å². The second-order valence-electron chi connectivity index (χ2n) is 12.9. The van der Waals surface area contributed by atoms with Gasteiger partial charge in [0.1, 0.15) is 17.7 Å². The highest BCUT2D eigenvalue weighted by molar-refractivity contribution is 6.04. The van der Waals surface area contributed by atoms with Crippen molar-refractivity contribution in [3.05, 3.63) is 75.7 Å². The van der Waals surface area contributed by atoms with E-state index in [1.165, 1.54) is 12.8 Å². The number of rotatable bonds is 11. The molecule has 2 aliphatic rings. The number of benzene rings is 1. The van der Waals surface area contributed by atoms with E-state index < -0.39 is 0 Å². The Labute approximate surface area is 231 Å². The molecule has 1 aromatic carbocycles. The maximum absolute atomic E-state index is 13.5. The molecule has 2 N–H and O–H groups in total. The number of nitrogens with one attached hydrogen (secondary N) is 2. The van der Waals surface area contributed by atoms with Crippen molar-refractivity contribution in [1.29, 1.82) is 0 Å². The van der Waals surface area contributed by atoms with Crippen molar-refractivity contribution in [3.63, 3.8) is 0 Å². The van der Waals surface area contributed by atoms with Crippen molar-refractivity contribution in [2.24, 2.45) is 24.3 Å². The molecular weight excluding hydrogens is 488 g/mol. The zero-order valence-electron chi connectivity index (χ0n) is 24.0. The van der Waals surface area contributed by atoms with E-state index in [1.54, 1.807) is 17.0 Å². The number of aromatic nitrogens is 4. The van der Waals surface area contributed by atoms with Crippen molar-refractivity contribution in [3.8, 4) is 0 Å². The van der Waals surface area contributed by atoms with Gasteiger partial charge in [-0.3, -0.25) is 9.59 Å². The fourth-order valence-corrected chi connectivity index (χ4v) is 6.24. The van der Waals surface area contributed by atoms with Gasteiger partial charge in [-0.1, -0.05) is 52.7 Å². The van der Waals surface area contributed by atoms with Crippen LogP contribution in [0.25, 0.3) is 0 Å². The maximum Gasteiger partial charge on any atom is 0.263 e. The summed E-state index contributed by atoms with van der Waals surface area (Å²) in [5.74, 6) is 1.79. The van der Waals surface area contributed by atoms with Gasteiger partial charge in [-0.05, 0) is 72.4 Å². The van der Waals surface area contributed by atoms with Crippen molar-refractivity contribution >= 4 is 11.6 Å². The lowest BCUT2D eigenvalue weighted by molar-refractivity contribution is 0.0790. The van der Waals surface area contributed by atoms with Crippen LogP contribution < -0.4 is 16.2 Å². The molecule has 0 spiro atoms. The SMILES string of the molecule is CC(C)CNCc1cc(C(=O)Nc2cccc(C3(c4nncn4C)CC(C)(C)C3)c2)c(=O)n(CCC2CC2)c1. The number of anilines is 1. The fourth-order valence-electron chi connectivity index (χ4n) is 6.24. The van der Waals surface area contributed by atoms with E-state index in [2.05, 4.69) is 54.6 Å². The molecule has 1 amide bonds. The molecule has 0 aliphatic heterocycles. The monoisotopic (exact) mass is 530 g/mol. The third kappa shape index (κ3) is 6.01. The van der Waals surface area contributed by atoms with Crippen molar-refractivity contribution in [2.75, 3.05) is 11.9 Å². The predicted molar refractivity (Wildman–Crippen MR) is 154 cm³/mol. The highest BCUT2D eigenvalue weighted by Gasteiger charge is 2.53. The lowest BCUT2D eigenvalue weighted by Crippen LogP contribution is -2.49. The van der Waals surface area contributed by atoms with Crippen LogP contribution in [0.15, 0.2) is 47.7 Å². The van der Waals surface area contributed by atoms with Crippen LogP contribution in [0.2, 0.25) is 0 Å². The molecule has 2 saturated carbocycles. The van der Waals surface area contributed by atoms with E-state index in [0.717, 1.165) is 42.8 Å². The molecule has 2 aliphatic carbocycles. The first kappa shape index (κ1) is 27.3. The fraction of sp³-hybridized carbons (Fsp3) is 0.548. The smallest absolute Gasteiger partial charge is 0.263 e. The molecule has 3 aromatic rings. The number of amides is 1. The molecule has 0 atom stereocenters. The van der Waals surface area contributed by atoms with Gasteiger partial charge in [0.15, 0.2) is 0 Å². The van der Waals surface area contributed by atoms with Gasteiger partial charge in [-0.25, -0.2) is 0 Å². The topological polar surface area (TPSA) is 93.8 Å². The Bertz CT molecular complexity index is 1390. The average molecular weight is 531 g/mol. The molecule has 0 radical (unpaired) electrons. The van der Waals surface area contributed by atoms with E-state index in [4.69, 9.17) is 0 Å². The highest BCUT2D eigenvalue weighted by atomic mass is 16.2. The molecule has 0 unspecified atom stereocenters. The summed E-state index contributed by atoms with van der Waals surface area (Å²) in [4.78, 5) is 26.9. The van der Waals surface area contributed by atoms with Crippen LogP contribution in [-0.2, 0) is 25.6 Å². The number of hydrogen-bond donors (Lipinski definition) is 2. The predicted octanol–water partition coefficient (Wildman–Crippen LogP) is 4.88. The highest BCUT2D eigenvalue weighted by Crippen LogP contribution is 2.58. The Balaban J connectivity index is 1.41. The van der Waals surface area contributed by atoms with Gasteiger partial charge in [0, 0.05) is 32.0 Å². The molecule has 39 heavy (non-hydrogen) atoms. The molecule has 208 valence electrons. The normalized spacial score (nSPS) is 17.7. The van der Waals surface area contributed by atoms with Crippen LogP contribution in [0.5, 0.6) is 0 Å². The Kier molecular flexibility index (Phi) is 7.51. The molecule has 0 bridgehead atoms. The number of aryl methyl sites for hydroxylation is 2. The van der Waals surface area contributed by atoms with E-state index in [9.17, 15) is 9.59 Å². The Morgan fingerprint density at radius 1 is 1.18 bits per heavy atom. The molecule has 5 rings (SSSR count). The number of nitrogens with zero attached hydrogens (tertiary/aromatic N) is 4. The average Bonchev–Trinajstić information content (AvgIpc) is 3.60. The zero-order chi connectivity index (χ0) is 27.8. The Hall–Kier alpha value is -3.26. The number of carbonyl (C=O) groups is 1. The van der Waals surface area contributed by atoms with Crippen LogP contribution in [0, 0.1) is 17.3 Å². The van der Waals surface area contributed by atoms with Crippen molar-refractivity contribution < 1.29 is 4.79 Å². The molecule has 2 heterocycles. The maximum atomic E-state index is 13.5. The summed E-state index contributed by atoms with van der Waals surface area (Å²) in [5, 5.41) is 15.1. The molecular formula is C31H42N6O2. The van der Waals surface area contributed by atoms with Gasteiger partial charge in [0.2, 0.25) is 0 Å². The lowest BCUT2D eigenvalue weighted by Gasteiger charge is -2.52. The molecule has 8 heteroatoms. The molecule has 8 nitrogen and oxygen atoms in total. The van der Waals surface area contributed by atoms with E-state index >= 15 is 0 Å². The first-order valence-electron chi connectivity index (χ1n) is 14.3. The third-order valence-corrected chi connectivity index (χ3v) is 8.12. The van der Waals surface area contributed by atoms with Crippen LogP contribution in [-0.4, -0.2) is 31.8 Å². The van der Waals surface area contributed by atoms with Crippen LogP contribution in [0.4, 0.5) is 5.69 Å².